The summed E-state index contributed by atoms with van der Waals surface area (Å²) >= 11 is 0. The van der Waals surface area contributed by atoms with Gasteiger partial charge in [-0.1, -0.05) is 11.2 Å². The Morgan fingerprint density at radius 1 is 1.58 bits per heavy atom. The molecule has 0 aromatic carbocycles. The van der Waals surface area contributed by atoms with Crippen LogP contribution in [0.1, 0.15) is 31.2 Å². The summed E-state index contributed by atoms with van der Waals surface area (Å²) in [6.45, 7) is 4.89. The van der Waals surface area contributed by atoms with Crippen molar-refractivity contribution in [2.75, 3.05) is 13.2 Å². The fraction of sp³-hybridized carbons (Fsp3) is 0.571. The molecule has 5 nitrogen and oxygen atoms in total. The van der Waals surface area contributed by atoms with E-state index in [1.54, 1.807) is 0 Å². The van der Waals surface area contributed by atoms with Crippen LogP contribution in [-0.4, -0.2) is 35.3 Å². The van der Waals surface area contributed by atoms with Crippen molar-refractivity contribution in [3.8, 4) is 0 Å². The van der Waals surface area contributed by atoms with Gasteiger partial charge in [0.15, 0.2) is 5.76 Å². The lowest BCUT2D eigenvalue weighted by molar-refractivity contribution is 0.0763. The van der Waals surface area contributed by atoms with Gasteiger partial charge in [0.25, 0.3) is 0 Å². The SMILES string of the molecule is CCOC(=O)N1CC2C=C(c3cc(C)no3)C1CC2. The number of carbonyl (C=O) groups is 1. The van der Waals surface area contributed by atoms with Crippen LogP contribution in [-0.2, 0) is 4.74 Å². The largest absolute Gasteiger partial charge is 0.450 e. The molecule has 0 N–H and O–H groups in total. The topological polar surface area (TPSA) is 55.6 Å². The van der Waals surface area contributed by atoms with E-state index in [0.29, 0.717) is 12.5 Å². The predicted molar refractivity (Wildman–Crippen MR) is 69.5 cm³/mol. The lowest BCUT2D eigenvalue weighted by atomic mass is 9.80. The second kappa shape index (κ2) is 4.72. The predicted octanol–water partition coefficient (Wildman–Crippen LogP) is 2.62. The maximum absolute atomic E-state index is 12.0. The van der Waals surface area contributed by atoms with E-state index in [4.69, 9.17) is 9.26 Å². The first-order valence-corrected chi connectivity index (χ1v) is 6.78. The third-order valence-electron chi connectivity index (χ3n) is 3.81. The van der Waals surface area contributed by atoms with E-state index in [9.17, 15) is 4.79 Å². The van der Waals surface area contributed by atoms with Crippen molar-refractivity contribution in [3.05, 3.63) is 23.6 Å². The molecule has 1 aromatic rings. The highest BCUT2D eigenvalue weighted by Gasteiger charge is 2.40. The van der Waals surface area contributed by atoms with E-state index >= 15 is 0 Å². The molecule has 5 heteroatoms. The molecule has 2 aliphatic heterocycles. The molecule has 2 unspecified atom stereocenters. The normalized spacial score (nSPS) is 25.4. The maximum Gasteiger partial charge on any atom is 0.410 e. The zero-order chi connectivity index (χ0) is 13.4. The van der Waals surface area contributed by atoms with Crippen molar-refractivity contribution >= 4 is 11.7 Å². The first-order chi connectivity index (χ1) is 9.19. The first kappa shape index (κ1) is 12.3. The second-order valence-corrected chi connectivity index (χ2v) is 5.16. The third kappa shape index (κ3) is 2.13. The van der Waals surface area contributed by atoms with Gasteiger partial charge >= 0.3 is 6.09 Å². The minimum Gasteiger partial charge on any atom is -0.450 e. The second-order valence-electron chi connectivity index (χ2n) is 5.16. The van der Waals surface area contributed by atoms with Crippen LogP contribution in [0.5, 0.6) is 0 Å². The maximum atomic E-state index is 12.0. The standard InChI is InChI=1S/C14H18N2O3/c1-3-18-14(17)16-8-10-4-5-12(16)11(7-10)13-6-9(2)15-19-13/h6-7,10,12H,3-5,8H2,1-2H3. The van der Waals surface area contributed by atoms with Gasteiger partial charge in [-0.2, -0.15) is 0 Å². The number of rotatable bonds is 2. The molecule has 3 aliphatic rings. The summed E-state index contributed by atoms with van der Waals surface area (Å²) in [6, 6.07) is 1.99. The van der Waals surface area contributed by atoms with Gasteiger partial charge in [-0.3, -0.25) is 0 Å². The van der Waals surface area contributed by atoms with Crippen molar-refractivity contribution in [3.63, 3.8) is 0 Å². The molecule has 0 radical (unpaired) electrons. The van der Waals surface area contributed by atoms with E-state index in [1.165, 1.54) is 0 Å². The molecule has 1 fully saturated rings. The fourth-order valence-electron chi connectivity index (χ4n) is 2.98. The fourth-order valence-corrected chi connectivity index (χ4v) is 2.98. The van der Waals surface area contributed by atoms with Crippen molar-refractivity contribution in [2.24, 2.45) is 5.92 Å². The Morgan fingerprint density at radius 3 is 3.05 bits per heavy atom. The molecule has 0 saturated carbocycles. The number of amides is 1. The highest BCUT2D eigenvalue weighted by molar-refractivity contribution is 5.77. The van der Waals surface area contributed by atoms with Crippen molar-refractivity contribution in [1.29, 1.82) is 0 Å². The van der Waals surface area contributed by atoms with Crippen LogP contribution in [0.3, 0.4) is 0 Å². The summed E-state index contributed by atoms with van der Waals surface area (Å²) < 4.78 is 10.5. The third-order valence-corrected chi connectivity index (χ3v) is 3.81. The number of carbonyl (C=O) groups excluding carboxylic acids is 1. The van der Waals surface area contributed by atoms with Crippen LogP contribution in [0, 0.1) is 12.8 Å². The molecular weight excluding hydrogens is 244 g/mol. The number of fused-ring (bicyclic) bond motifs is 2. The Labute approximate surface area is 112 Å². The molecule has 102 valence electrons. The minimum atomic E-state index is -0.223. The Balaban J connectivity index is 1.88. The Morgan fingerprint density at radius 2 is 2.42 bits per heavy atom. The molecule has 2 bridgehead atoms. The number of aromatic nitrogens is 1. The zero-order valence-corrected chi connectivity index (χ0v) is 11.3. The van der Waals surface area contributed by atoms with Crippen LogP contribution in [0.2, 0.25) is 0 Å². The monoisotopic (exact) mass is 262 g/mol. The van der Waals surface area contributed by atoms with E-state index in [1.807, 2.05) is 24.8 Å². The number of nitrogens with zero attached hydrogens (tertiary/aromatic N) is 2. The number of aryl methyl sites for hydroxylation is 1. The zero-order valence-electron chi connectivity index (χ0n) is 11.3. The molecule has 1 aromatic heterocycles. The summed E-state index contributed by atoms with van der Waals surface area (Å²) in [6.07, 6.45) is 4.09. The summed E-state index contributed by atoms with van der Waals surface area (Å²) in [4.78, 5) is 13.8. The van der Waals surface area contributed by atoms with E-state index in [2.05, 4.69) is 11.2 Å². The lowest BCUT2D eigenvalue weighted by Crippen LogP contribution is -2.50. The van der Waals surface area contributed by atoms with Gasteiger partial charge < -0.3 is 14.2 Å². The molecule has 4 rings (SSSR count). The average molecular weight is 262 g/mol. The van der Waals surface area contributed by atoms with E-state index in [-0.39, 0.29) is 12.1 Å². The van der Waals surface area contributed by atoms with E-state index < -0.39 is 0 Å². The summed E-state index contributed by atoms with van der Waals surface area (Å²) in [7, 11) is 0. The van der Waals surface area contributed by atoms with Gasteiger partial charge in [0.05, 0.1) is 18.3 Å². The number of piperidine rings is 1. The Bertz CT molecular complexity index is 521. The van der Waals surface area contributed by atoms with Gasteiger partial charge in [0, 0.05) is 18.2 Å². The summed E-state index contributed by atoms with van der Waals surface area (Å²) in [5, 5.41) is 3.93. The number of hydrogen-bond acceptors (Lipinski definition) is 4. The van der Waals surface area contributed by atoms with Crippen molar-refractivity contribution in [1.82, 2.24) is 10.1 Å². The van der Waals surface area contributed by atoms with Crippen molar-refractivity contribution in [2.45, 2.75) is 32.7 Å². The first-order valence-electron chi connectivity index (χ1n) is 6.78. The molecule has 1 saturated heterocycles. The van der Waals surface area contributed by atoms with Gasteiger partial charge in [-0.05, 0) is 32.6 Å². The lowest BCUT2D eigenvalue weighted by Gasteiger charge is -2.43. The van der Waals surface area contributed by atoms with Gasteiger partial charge in [0.2, 0.25) is 0 Å². The molecular formula is C14H18N2O3. The summed E-state index contributed by atoms with van der Waals surface area (Å²) in [5.74, 6) is 1.18. The van der Waals surface area contributed by atoms with Crippen molar-refractivity contribution < 1.29 is 14.1 Å². The highest BCUT2D eigenvalue weighted by atomic mass is 16.6. The van der Waals surface area contributed by atoms with Crippen LogP contribution in [0.15, 0.2) is 16.7 Å². The molecule has 19 heavy (non-hydrogen) atoms. The van der Waals surface area contributed by atoms with Crippen LogP contribution < -0.4 is 0 Å². The van der Waals surface area contributed by atoms with Gasteiger partial charge in [-0.15, -0.1) is 0 Å². The Kier molecular flexibility index (Phi) is 3.05. The average Bonchev–Trinajstić information content (AvgIpc) is 2.86. The summed E-state index contributed by atoms with van der Waals surface area (Å²) in [5.41, 5.74) is 1.94. The molecule has 1 aliphatic carbocycles. The molecule has 0 spiro atoms. The smallest absolute Gasteiger partial charge is 0.410 e. The molecule has 3 heterocycles. The van der Waals surface area contributed by atoms with Gasteiger partial charge in [0.1, 0.15) is 0 Å². The highest BCUT2D eigenvalue weighted by Crippen LogP contribution is 2.39. The molecule has 1 amide bonds. The number of hydrogen-bond donors (Lipinski definition) is 0. The quantitative estimate of drug-likeness (QED) is 0.822. The van der Waals surface area contributed by atoms with E-state index in [0.717, 1.165) is 36.4 Å². The van der Waals surface area contributed by atoms with Crippen LogP contribution in [0.25, 0.3) is 5.57 Å². The van der Waals surface area contributed by atoms with Gasteiger partial charge in [-0.25, -0.2) is 4.79 Å². The minimum absolute atomic E-state index is 0.0661. The number of ether oxygens (including phenoxy) is 1. The Hall–Kier alpha value is -1.78. The molecule has 2 atom stereocenters. The van der Waals surface area contributed by atoms with Crippen LogP contribution >= 0.6 is 0 Å². The van der Waals surface area contributed by atoms with Crippen LogP contribution in [0.4, 0.5) is 4.79 Å².